The van der Waals surface area contributed by atoms with Crippen LogP contribution < -0.4 is 36.3 Å². The van der Waals surface area contributed by atoms with E-state index in [4.69, 9.17) is 0 Å². The zero-order valence-corrected chi connectivity index (χ0v) is 46.3. The summed E-state index contributed by atoms with van der Waals surface area (Å²) in [6.45, 7) is 25.4. The summed E-state index contributed by atoms with van der Waals surface area (Å²) >= 11 is 0. The molecule has 0 bridgehead atoms. The van der Waals surface area contributed by atoms with E-state index in [-0.39, 0.29) is 34.0 Å². The molecule has 0 aromatic heterocycles. The highest BCUT2D eigenvalue weighted by molar-refractivity contribution is 7.01. The molecule has 0 saturated heterocycles. The Balaban J connectivity index is 1.13. The van der Waals surface area contributed by atoms with Crippen molar-refractivity contribution in [1.29, 1.82) is 0 Å². The molecule has 5 heteroatoms. The van der Waals surface area contributed by atoms with Crippen LogP contribution in [0.5, 0.6) is 0 Å². The van der Waals surface area contributed by atoms with Crippen LogP contribution in [-0.2, 0) is 28.2 Å². The quantitative estimate of drug-likeness (QED) is 0.159. The Bertz CT molecular complexity index is 3650. The molecule has 4 unspecified atom stereocenters. The first-order valence-electron chi connectivity index (χ1n) is 27.8. The maximum absolute atomic E-state index is 2.96. The molecule has 74 heavy (non-hydrogen) atoms. The molecule has 8 aromatic rings. The molecule has 1 fully saturated rings. The van der Waals surface area contributed by atoms with Crippen molar-refractivity contribution < 1.29 is 0 Å². The first-order valence-corrected chi connectivity index (χ1v) is 31.3. The molecular weight excluding hydrogens is 910 g/mol. The van der Waals surface area contributed by atoms with E-state index in [0.717, 1.165) is 19.3 Å². The summed E-state index contributed by atoms with van der Waals surface area (Å²) in [5.41, 5.74) is 25.3. The fourth-order valence-electron chi connectivity index (χ4n) is 15.6. The van der Waals surface area contributed by atoms with Crippen LogP contribution in [0.15, 0.2) is 170 Å². The third kappa shape index (κ3) is 6.08. The van der Waals surface area contributed by atoms with Crippen LogP contribution in [0.4, 0.5) is 39.8 Å². The molecule has 0 spiro atoms. The smallest absolute Gasteiger partial charge is 0.252 e. The molecule has 4 aliphatic heterocycles. The Morgan fingerprint density at radius 2 is 1.16 bits per heavy atom. The van der Waals surface area contributed by atoms with E-state index in [1.807, 2.05) is 0 Å². The van der Waals surface area contributed by atoms with Gasteiger partial charge in [-0.1, -0.05) is 206 Å². The Labute approximate surface area is 442 Å². The Kier molecular flexibility index (Phi) is 9.64. The van der Waals surface area contributed by atoms with Crippen LogP contribution in [0.3, 0.4) is 0 Å². The van der Waals surface area contributed by atoms with Crippen molar-refractivity contribution in [2.24, 2.45) is 0 Å². The van der Waals surface area contributed by atoms with Crippen LogP contribution in [0.2, 0.25) is 19.6 Å². The molecule has 6 aliphatic rings. The summed E-state index contributed by atoms with van der Waals surface area (Å²) in [6, 6.07) is 66.7. The number of rotatable bonds is 5. The monoisotopic (exact) mass is 980 g/mol. The molecule has 1 saturated carbocycles. The van der Waals surface area contributed by atoms with Gasteiger partial charge in [0, 0.05) is 50.6 Å². The minimum atomic E-state index is -1.79. The number of benzene rings is 8. The van der Waals surface area contributed by atoms with Crippen LogP contribution in [0, 0.1) is 0 Å². The van der Waals surface area contributed by atoms with Crippen LogP contribution >= 0.6 is 0 Å². The molecular formula is C69H70BN3Si. The van der Waals surface area contributed by atoms with Gasteiger partial charge in [0.05, 0.1) is 19.2 Å². The van der Waals surface area contributed by atoms with E-state index in [0.29, 0.717) is 0 Å². The second-order valence-electron chi connectivity index (χ2n) is 26.0. The molecule has 0 radical (unpaired) electrons. The minimum absolute atomic E-state index is 0.0124. The van der Waals surface area contributed by atoms with Crippen molar-refractivity contribution in [3.05, 3.63) is 198 Å². The first-order chi connectivity index (χ1) is 35.4. The SMILES string of the molecule is CC(C)(C)c1ccc2c(c1)C1(C)CCc3ccccc3C1(C)N2c1cc2c3c(c1)N1c4c(cc([Si](C)(C)C)cc4C4(C)CCCCC14C)B3c1ccc(-c3ccccc3)cc1N2c1cccc(-c2ccccc2)c1. The van der Waals surface area contributed by atoms with E-state index >= 15 is 0 Å². The summed E-state index contributed by atoms with van der Waals surface area (Å²) in [6.07, 6.45) is 7.03. The van der Waals surface area contributed by atoms with E-state index in [2.05, 4.69) is 253 Å². The molecule has 3 nitrogen and oxygen atoms in total. The number of nitrogens with zero attached hydrogens (tertiary/aromatic N) is 3. The third-order valence-electron chi connectivity index (χ3n) is 20.1. The highest BCUT2D eigenvalue weighted by Gasteiger charge is 2.63. The Morgan fingerprint density at radius 3 is 1.89 bits per heavy atom. The number of aryl methyl sites for hydroxylation is 1. The molecule has 368 valence electrons. The van der Waals surface area contributed by atoms with E-state index in [1.165, 1.54) is 120 Å². The van der Waals surface area contributed by atoms with Gasteiger partial charge in [0.2, 0.25) is 0 Å². The predicted molar refractivity (Wildman–Crippen MR) is 319 cm³/mol. The second-order valence-corrected chi connectivity index (χ2v) is 31.0. The van der Waals surface area contributed by atoms with Gasteiger partial charge in [0.1, 0.15) is 0 Å². The van der Waals surface area contributed by atoms with Crippen molar-refractivity contribution in [1.82, 2.24) is 0 Å². The Hall–Kier alpha value is -6.56. The lowest BCUT2D eigenvalue weighted by atomic mass is 9.33. The molecule has 0 N–H and O–H groups in total. The maximum Gasteiger partial charge on any atom is 0.252 e. The molecule has 8 aromatic carbocycles. The number of anilines is 7. The zero-order valence-electron chi connectivity index (χ0n) is 45.3. The van der Waals surface area contributed by atoms with Gasteiger partial charge in [-0.15, -0.1) is 0 Å². The van der Waals surface area contributed by atoms with Crippen molar-refractivity contribution in [3.63, 3.8) is 0 Å². The number of hydrogen-bond acceptors (Lipinski definition) is 3. The summed E-state index contributed by atoms with van der Waals surface area (Å²) in [5, 5.41) is 1.58. The lowest BCUT2D eigenvalue weighted by Crippen LogP contribution is -2.65. The highest BCUT2D eigenvalue weighted by atomic mass is 28.3. The lowest BCUT2D eigenvalue weighted by molar-refractivity contribution is 0.195. The van der Waals surface area contributed by atoms with Gasteiger partial charge in [0.15, 0.2) is 0 Å². The van der Waals surface area contributed by atoms with Crippen LogP contribution in [-0.4, -0.2) is 20.3 Å². The molecule has 14 rings (SSSR count). The standard InChI is InChI=1S/C69H70BN3Si/c1-65(2,3)50-31-33-59-55(40-50)67(5)37-34-47-26-17-18-29-54(47)69(67,7)72(59)52-41-61-63-62(42-52)73-64-56(66(4)35-19-20-36-68(66,73)6)43-53(74(8,9)10)44-58(64)70(63)57-32-30-49(46-24-15-12-16-25-46)39-60(57)71(61)51-28-21-27-48(38-51)45-22-13-11-14-23-45/h11-18,21-33,38-44H,19-20,34-37H2,1-10H3. The predicted octanol–water partition coefficient (Wildman–Crippen LogP) is 15.5. The summed E-state index contributed by atoms with van der Waals surface area (Å²) in [5.74, 6) is 0. The average Bonchev–Trinajstić information content (AvgIpc) is 3.77. The van der Waals surface area contributed by atoms with Gasteiger partial charge in [-0.3, -0.25) is 0 Å². The summed E-state index contributed by atoms with van der Waals surface area (Å²) in [4.78, 5) is 8.49. The fraction of sp³-hybridized carbons (Fsp3) is 0.304. The van der Waals surface area contributed by atoms with Gasteiger partial charge < -0.3 is 14.7 Å². The zero-order chi connectivity index (χ0) is 50.9. The fourth-order valence-corrected chi connectivity index (χ4v) is 16.8. The average molecular weight is 980 g/mol. The number of hydrogen-bond donors (Lipinski definition) is 0. The normalized spacial score (nSPS) is 23.9. The van der Waals surface area contributed by atoms with Gasteiger partial charge >= 0.3 is 0 Å². The van der Waals surface area contributed by atoms with Crippen molar-refractivity contribution in [3.8, 4) is 22.3 Å². The van der Waals surface area contributed by atoms with E-state index in [9.17, 15) is 0 Å². The Morgan fingerprint density at radius 1 is 0.486 bits per heavy atom. The summed E-state index contributed by atoms with van der Waals surface area (Å²) < 4.78 is 0. The highest BCUT2D eigenvalue weighted by Crippen LogP contribution is 2.66. The van der Waals surface area contributed by atoms with Crippen molar-refractivity contribution in [2.45, 2.75) is 134 Å². The van der Waals surface area contributed by atoms with Gasteiger partial charge in [-0.25, -0.2) is 0 Å². The number of fused-ring (bicyclic) bond motifs is 12. The third-order valence-corrected chi connectivity index (χ3v) is 22.1. The van der Waals surface area contributed by atoms with Gasteiger partial charge in [0.25, 0.3) is 6.71 Å². The van der Waals surface area contributed by atoms with Gasteiger partial charge in [-0.05, 0) is 148 Å². The van der Waals surface area contributed by atoms with Gasteiger partial charge in [-0.2, -0.15) is 0 Å². The molecule has 2 aliphatic carbocycles. The second kappa shape index (κ2) is 15.5. The van der Waals surface area contributed by atoms with E-state index in [1.54, 1.807) is 10.8 Å². The molecule has 4 atom stereocenters. The van der Waals surface area contributed by atoms with E-state index < -0.39 is 8.07 Å². The summed E-state index contributed by atoms with van der Waals surface area (Å²) in [7, 11) is -1.79. The topological polar surface area (TPSA) is 9.72 Å². The maximum atomic E-state index is 2.96. The minimum Gasteiger partial charge on any atom is -0.335 e. The molecule has 4 heterocycles. The van der Waals surface area contributed by atoms with Crippen molar-refractivity contribution in [2.75, 3.05) is 14.7 Å². The van der Waals surface area contributed by atoms with Crippen LogP contribution in [0.1, 0.15) is 108 Å². The molecule has 0 amide bonds. The largest absolute Gasteiger partial charge is 0.335 e. The first kappa shape index (κ1) is 46.0. The lowest BCUT2D eigenvalue weighted by Gasteiger charge is -2.54. The van der Waals surface area contributed by atoms with Crippen LogP contribution in [0.25, 0.3) is 22.3 Å². The van der Waals surface area contributed by atoms with Crippen molar-refractivity contribution >= 4 is 76.2 Å².